The van der Waals surface area contributed by atoms with Crippen LogP contribution in [0.15, 0.2) is 91.0 Å². The summed E-state index contributed by atoms with van der Waals surface area (Å²) in [5, 5.41) is 0. The lowest BCUT2D eigenvalue weighted by atomic mass is 9.71. The molecule has 3 unspecified atom stereocenters. The average molecular weight is 466 g/mol. The lowest BCUT2D eigenvalue weighted by molar-refractivity contribution is -0.136. The van der Waals surface area contributed by atoms with E-state index in [0.29, 0.717) is 24.0 Å². The van der Waals surface area contributed by atoms with E-state index in [-0.39, 0.29) is 23.3 Å². The summed E-state index contributed by atoms with van der Waals surface area (Å²) in [5.74, 6) is 1.12. The molecule has 3 aromatic rings. The highest BCUT2D eigenvalue weighted by molar-refractivity contribution is 5.96. The van der Waals surface area contributed by atoms with Crippen molar-refractivity contribution in [3.8, 4) is 0 Å². The van der Waals surface area contributed by atoms with Crippen LogP contribution in [0.4, 0.5) is 0 Å². The molecule has 0 aromatic heterocycles. The second-order valence-corrected chi connectivity index (χ2v) is 10.6. The van der Waals surface area contributed by atoms with Crippen LogP contribution in [0.2, 0.25) is 0 Å². The molecule has 0 spiro atoms. The van der Waals surface area contributed by atoms with E-state index in [1.165, 1.54) is 5.56 Å². The largest absolute Gasteiger partial charge is 0.343 e. The Balaban J connectivity index is 1.36. The maximum Gasteiger partial charge on any atom is 0.222 e. The van der Waals surface area contributed by atoms with Gasteiger partial charge >= 0.3 is 0 Å². The van der Waals surface area contributed by atoms with Crippen LogP contribution in [-0.2, 0) is 16.0 Å². The normalized spacial score (nSPS) is 25.1. The molecule has 180 valence electrons. The fraction of sp³-hybridized carbons (Fsp3) is 0.375. The van der Waals surface area contributed by atoms with Crippen LogP contribution >= 0.6 is 0 Å². The van der Waals surface area contributed by atoms with Crippen LogP contribution in [0.3, 0.4) is 0 Å². The number of Topliss-reactive ketones (excluding diaryl/α,β-unsaturated/α-hetero) is 1. The van der Waals surface area contributed by atoms with Crippen molar-refractivity contribution in [2.45, 2.75) is 51.0 Å². The standard InChI is InChI=1S/C32H35NO2/c1-23-20-27(33(2)29(34)19-18-24-12-6-3-7-13-24)21-32(22-28(23)32)31(35)30(25-14-8-4-9-15-25)26-16-10-5-11-17-26/h3-17,23,27-28,30H,18-22H2,1-2H3/t23?,27-,28?,32?/m0/s1. The molecule has 2 saturated carbocycles. The predicted octanol–water partition coefficient (Wildman–Crippen LogP) is 6.28. The quantitative estimate of drug-likeness (QED) is 0.392. The van der Waals surface area contributed by atoms with E-state index < -0.39 is 0 Å². The average Bonchev–Trinajstić information content (AvgIpc) is 3.66. The van der Waals surface area contributed by atoms with Crippen LogP contribution in [0.5, 0.6) is 0 Å². The lowest BCUT2D eigenvalue weighted by Gasteiger charge is -2.39. The predicted molar refractivity (Wildman–Crippen MR) is 140 cm³/mol. The number of carbonyl (C=O) groups is 2. The molecule has 0 bridgehead atoms. The molecule has 5 rings (SSSR count). The summed E-state index contributed by atoms with van der Waals surface area (Å²) < 4.78 is 0. The van der Waals surface area contributed by atoms with Crippen LogP contribution in [0.1, 0.15) is 55.2 Å². The third-order valence-electron chi connectivity index (χ3n) is 8.49. The van der Waals surface area contributed by atoms with E-state index in [9.17, 15) is 9.59 Å². The minimum absolute atomic E-state index is 0.114. The van der Waals surface area contributed by atoms with E-state index in [4.69, 9.17) is 0 Å². The number of hydrogen-bond acceptors (Lipinski definition) is 2. The van der Waals surface area contributed by atoms with Crippen molar-refractivity contribution in [1.29, 1.82) is 0 Å². The van der Waals surface area contributed by atoms with Crippen LogP contribution in [0, 0.1) is 17.3 Å². The van der Waals surface area contributed by atoms with E-state index >= 15 is 0 Å². The number of hydrogen-bond donors (Lipinski definition) is 0. The zero-order chi connectivity index (χ0) is 24.4. The van der Waals surface area contributed by atoms with Crippen LogP contribution in [-0.4, -0.2) is 29.7 Å². The van der Waals surface area contributed by atoms with Crippen molar-refractivity contribution in [1.82, 2.24) is 4.90 Å². The van der Waals surface area contributed by atoms with Gasteiger partial charge in [0.25, 0.3) is 0 Å². The highest BCUT2D eigenvalue weighted by atomic mass is 16.2. The third-order valence-corrected chi connectivity index (χ3v) is 8.49. The zero-order valence-corrected chi connectivity index (χ0v) is 20.8. The van der Waals surface area contributed by atoms with Crippen molar-refractivity contribution < 1.29 is 9.59 Å². The number of benzene rings is 3. The molecule has 2 fully saturated rings. The molecule has 0 N–H and O–H groups in total. The summed E-state index contributed by atoms with van der Waals surface area (Å²) in [6.07, 6.45) is 3.97. The topological polar surface area (TPSA) is 37.4 Å². The van der Waals surface area contributed by atoms with Crippen molar-refractivity contribution in [2.24, 2.45) is 17.3 Å². The van der Waals surface area contributed by atoms with E-state index in [1.807, 2.05) is 66.5 Å². The van der Waals surface area contributed by atoms with Gasteiger partial charge in [0.05, 0.1) is 5.92 Å². The summed E-state index contributed by atoms with van der Waals surface area (Å²) >= 11 is 0. The number of nitrogens with zero attached hydrogens (tertiary/aromatic N) is 1. The van der Waals surface area contributed by atoms with Crippen molar-refractivity contribution in [3.05, 3.63) is 108 Å². The lowest BCUT2D eigenvalue weighted by Crippen LogP contribution is -2.45. The minimum atomic E-state index is -0.327. The molecule has 3 heteroatoms. The summed E-state index contributed by atoms with van der Waals surface area (Å²) in [7, 11) is 1.94. The highest BCUT2D eigenvalue weighted by Crippen LogP contribution is 2.66. The van der Waals surface area contributed by atoms with Crippen LogP contribution in [0.25, 0.3) is 0 Å². The molecule has 2 aliphatic rings. The molecule has 0 saturated heterocycles. The first-order valence-electron chi connectivity index (χ1n) is 12.9. The molecule has 0 radical (unpaired) electrons. The van der Waals surface area contributed by atoms with Crippen LogP contribution < -0.4 is 0 Å². The first-order valence-corrected chi connectivity index (χ1v) is 12.9. The monoisotopic (exact) mass is 465 g/mol. The molecular weight excluding hydrogens is 430 g/mol. The second kappa shape index (κ2) is 9.81. The van der Waals surface area contributed by atoms with Gasteiger partial charge in [0, 0.05) is 24.9 Å². The Hall–Kier alpha value is -3.20. The maximum atomic E-state index is 14.4. The van der Waals surface area contributed by atoms with Gasteiger partial charge in [-0.3, -0.25) is 9.59 Å². The molecule has 0 heterocycles. The maximum absolute atomic E-state index is 14.4. The first kappa shape index (κ1) is 23.5. The molecule has 3 nitrogen and oxygen atoms in total. The number of carbonyl (C=O) groups excluding carboxylic acids is 2. The molecule has 4 atom stereocenters. The number of ketones is 1. The van der Waals surface area contributed by atoms with Crippen molar-refractivity contribution in [2.75, 3.05) is 7.05 Å². The Morgan fingerprint density at radius 2 is 1.40 bits per heavy atom. The number of fused-ring (bicyclic) bond motifs is 1. The van der Waals surface area contributed by atoms with Gasteiger partial charge in [-0.1, -0.05) is 97.9 Å². The second-order valence-electron chi connectivity index (χ2n) is 10.6. The third kappa shape index (κ3) is 4.69. The number of rotatable bonds is 8. The summed E-state index contributed by atoms with van der Waals surface area (Å²) in [5.41, 5.74) is 2.98. The van der Waals surface area contributed by atoms with Gasteiger partial charge in [-0.2, -0.15) is 0 Å². The molecule has 2 aliphatic carbocycles. The summed E-state index contributed by atoms with van der Waals surface area (Å²) in [4.78, 5) is 29.4. The van der Waals surface area contributed by atoms with Gasteiger partial charge in [-0.15, -0.1) is 0 Å². The van der Waals surface area contributed by atoms with Gasteiger partial charge in [-0.05, 0) is 54.2 Å². The Morgan fingerprint density at radius 3 is 1.97 bits per heavy atom. The molecule has 0 aliphatic heterocycles. The Kier molecular flexibility index (Phi) is 6.60. The van der Waals surface area contributed by atoms with Gasteiger partial charge in [0.1, 0.15) is 0 Å². The highest BCUT2D eigenvalue weighted by Gasteiger charge is 2.65. The van der Waals surface area contributed by atoms with Crippen molar-refractivity contribution >= 4 is 11.7 Å². The Bertz CT molecular complexity index is 1120. The van der Waals surface area contributed by atoms with Gasteiger partial charge in [0.15, 0.2) is 5.78 Å². The SMILES string of the molecule is CC1C[C@H](N(C)C(=O)CCc2ccccc2)CC2(C(=O)C(c3ccccc3)c3ccccc3)CC12. The van der Waals surface area contributed by atoms with E-state index in [1.54, 1.807) is 0 Å². The fourth-order valence-corrected chi connectivity index (χ4v) is 6.44. The zero-order valence-electron chi connectivity index (χ0n) is 20.8. The first-order chi connectivity index (χ1) is 17.0. The van der Waals surface area contributed by atoms with E-state index in [2.05, 4.69) is 43.3 Å². The van der Waals surface area contributed by atoms with Gasteiger partial charge in [0.2, 0.25) is 5.91 Å². The van der Waals surface area contributed by atoms with Gasteiger partial charge in [-0.25, -0.2) is 0 Å². The molecular formula is C32H35NO2. The fourth-order valence-electron chi connectivity index (χ4n) is 6.44. The summed E-state index contributed by atoms with van der Waals surface area (Å²) in [6, 6.07) is 30.7. The number of aryl methyl sites for hydroxylation is 1. The molecule has 35 heavy (non-hydrogen) atoms. The smallest absolute Gasteiger partial charge is 0.222 e. The Morgan fingerprint density at radius 1 is 0.857 bits per heavy atom. The number of amides is 1. The molecule has 1 amide bonds. The molecule has 3 aromatic carbocycles. The minimum Gasteiger partial charge on any atom is -0.343 e. The van der Waals surface area contributed by atoms with Crippen molar-refractivity contribution in [3.63, 3.8) is 0 Å². The van der Waals surface area contributed by atoms with E-state index in [0.717, 1.165) is 36.8 Å². The summed E-state index contributed by atoms with van der Waals surface area (Å²) in [6.45, 7) is 2.27. The Labute approximate surface area is 209 Å². The van der Waals surface area contributed by atoms with Gasteiger partial charge < -0.3 is 4.90 Å².